The number of methoxy groups -OCH3 is 1. The lowest BCUT2D eigenvalue weighted by Crippen LogP contribution is -2.60. The van der Waals surface area contributed by atoms with Gasteiger partial charge in [0, 0.05) is 13.1 Å². The van der Waals surface area contributed by atoms with Crippen molar-refractivity contribution in [2.45, 2.75) is 10.9 Å². The van der Waals surface area contributed by atoms with E-state index in [4.69, 9.17) is 4.74 Å². The van der Waals surface area contributed by atoms with Crippen LogP contribution in [0, 0.1) is 0 Å². The summed E-state index contributed by atoms with van der Waals surface area (Å²) in [4.78, 5) is 11.3. The van der Waals surface area contributed by atoms with Crippen molar-refractivity contribution in [2.24, 2.45) is 0 Å². The van der Waals surface area contributed by atoms with E-state index in [2.05, 4.69) is 11.9 Å². The molecule has 108 valence electrons. The van der Waals surface area contributed by atoms with Crippen molar-refractivity contribution in [2.75, 3.05) is 20.2 Å². The molecular formula is C13H16N2O4S. The Morgan fingerprint density at radius 2 is 2.00 bits per heavy atom. The minimum Gasteiger partial charge on any atom is -0.497 e. The second-order valence-corrected chi connectivity index (χ2v) is 6.35. The van der Waals surface area contributed by atoms with Gasteiger partial charge in [-0.2, -0.15) is 4.31 Å². The molecule has 0 unspecified atom stereocenters. The third kappa shape index (κ3) is 2.83. The first-order chi connectivity index (χ1) is 9.47. The fourth-order valence-corrected chi connectivity index (χ4v) is 3.41. The predicted molar refractivity (Wildman–Crippen MR) is 73.9 cm³/mol. The van der Waals surface area contributed by atoms with Gasteiger partial charge < -0.3 is 10.1 Å². The normalized spacial score (nSPS) is 16.2. The molecule has 1 aliphatic heterocycles. The molecule has 1 fully saturated rings. The van der Waals surface area contributed by atoms with Crippen LogP contribution in [0.3, 0.4) is 0 Å². The molecule has 0 aliphatic carbocycles. The summed E-state index contributed by atoms with van der Waals surface area (Å²) in [5, 5.41) is 2.65. The molecule has 0 saturated carbocycles. The maximum absolute atomic E-state index is 12.3. The van der Waals surface area contributed by atoms with Crippen molar-refractivity contribution in [3.8, 4) is 5.75 Å². The van der Waals surface area contributed by atoms with Crippen molar-refractivity contribution in [3.63, 3.8) is 0 Å². The maximum atomic E-state index is 12.3. The molecule has 1 aliphatic rings. The molecule has 1 aromatic rings. The average molecular weight is 296 g/mol. The van der Waals surface area contributed by atoms with Crippen molar-refractivity contribution in [1.82, 2.24) is 9.62 Å². The highest BCUT2D eigenvalue weighted by atomic mass is 32.2. The van der Waals surface area contributed by atoms with Crippen LogP contribution in [-0.4, -0.2) is 44.9 Å². The van der Waals surface area contributed by atoms with Crippen molar-refractivity contribution in [3.05, 3.63) is 36.9 Å². The number of hydrogen-bond acceptors (Lipinski definition) is 4. The standard InChI is InChI=1S/C13H16N2O4S/c1-3-13(16)14-10-8-15(9-10)20(17,18)12-6-4-11(19-2)5-7-12/h3-7,10H,1,8-9H2,2H3,(H,14,16). The molecule has 1 aromatic carbocycles. The fourth-order valence-electron chi connectivity index (χ4n) is 1.88. The second-order valence-electron chi connectivity index (χ2n) is 4.41. The Kier molecular flexibility index (Phi) is 4.10. The zero-order valence-electron chi connectivity index (χ0n) is 11.1. The van der Waals surface area contributed by atoms with E-state index in [1.807, 2.05) is 0 Å². The first kappa shape index (κ1) is 14.5. The van der Waals surface area contributed by atoms with Gasteiger partial charge in [-0.15, -0.1) is 0 Å². The molecule has 20 heavy (non-hydrogen) atoms. The van der Waals surface area contributed by atoms with Crippen LogP contribution in [0.1, 0.15) is 0 Å². The van der Waals surface area contributed by atoms with Gasteiger partial charge in [-0.3, -0.25) is 4.79 Å². The number of sulfonamides is 1. The number of ether oxygens (including phenoxy) is 1. The Bertz CT molecular complexity index is 604. The lowest BCUT2D eigenvalue weighted by Gasteiger charge is -2.38. The smallest absolute Gasteiger partial charge is 0.243 e. The van der Waals surface area contributed by atoms with E-state index in [0.717, 1.165) is 0 Å². The zero-order chi connectivity index (χ0) is 14.8. The maximum Gasteiger partial charge on any atom is 0.243 e. The molecule has 0 radical (unpaired) electrons. The SMILES string of the molecule is C=CC(=O)NC1CN(S(=O)(=O)c2ccc(OC)cc2)C1. The molecule has 1 saturated heterocycles. The third-order valence-electron chi connectivity index (χ3n) is 3.08. The zero-order valence-corrected chi connectivity index (χ0v) is 11.9. The molecule has 0 bridgehead atoms. The number of benzene rings is 1. The molecule has 2 rings (SSSR count). The molecule has 1 amide bonds. The number of carbonyl (C=O) groups is 1. The first-order valence-corrected chi connectivity index (χ1v) is 7.48. The summed E-state index contributed by atoms with van der Waals surface area (Å²) in [7, 11) is -1.98. The van der Waals surface area contributed by atoms with Gasteiger partial charge in [-0.1, -0.05) is 6.58 Å². The summed E-state index contributed by atoms with van der Waals surface area (Å²) in [6, 6.07) is 6.05. The van der Waals surface area contributed by atoms with Crippen molar-refractivity contribution >= 4 is 15.9 Å². The summed E-state index contributed by atoms with van der Waals surface area (Å²) in [5.41, 5.74) is 0. The summed E-state index contributed by atoms with van der Waals surface area (Å²) in [6.45, 7) is 3.89. The Hall–Kier alpha value is -1.86. The molecule has 0 spiro atoms. The number of nitrogens with one attached hydrogen (secondary N) is 1. The Morgan fingerprint density at radius 1 is 1.40 bits per heavy atom. The Balaban J connectivity index is 2.02. The van der Waals surface area contributed by atoms with Crippen LogP contribution in [0.25, 0.3) is 0 Å². The van der Waals surface area contributed by atoms with Gasteiger partial charge in [-0.05, 0) is 30.3 Å². The topological polar surface area (TPSA) is 75.7 Å². The molecule has 6 nitrogen and oxygen atoms in total. The number of carbonyl (C=O) groups excluding carboxylic acids is 1. The van der Waals surface area contributed by atoms with Gasteiger partial charge in [0.25, 0.3) is 0 Å². The van der Waals surface area contributed by atoms with E-state index in [1.165, 1.54) is 29.6 Å². The molecule has 0 atom stereocenters. The van der Waals surface area contributed by atoms with Crippen LogP contribution in [0.4, 0.5) is 0 Å². The fraction of sp³-hybridized carbons (Fsp3) is 0.308. The summed E-state index contributed by atoms with van der Waals surface area (Å²) >= 11 is 0. The minimum absolute atomic E-state index is 0.159. The van der Waals surface area contributed by atoms with E-state index in [-0.39, 0.29) is 29.9 Å². The van der Waals surface area contributed by atoms with Crippen LogP contribution in [-0.2, 0) is 14.8 Å². The average Bonchev–Trinajstić information content (AvgIpc) is 2.41. The molecular weight excluding hydrogens is 280 g/mol. The number of hydrogen-bond donors (Lipinski definition) is 1. The van der Waals surface area contributed by atoms with E-state index in [0.29, 0.717) is 5.75 Å². The van der Waals surface area contributed by atoms with E-state index >= 15 is 0 Å². The second kappa shape index (κ2) is 5.64. The largest absolute Gasteiger partial charge is 0.497 e. The Labute approximate surface area is 118 Å². The van der Waals surface area contributed by atoms with Gasteiger partial charge in [0.05, 0.1) is 18.0 Å². The highest BCUT2D eigenvalue weighted by Crippen LogP contribution is 2.23. The van der Waals surface area contributed by atoms with E-state index in [9.17, 15) is 13.2 Å². The van der Waals surface area contributed by atoms with Crippen LogP contribution in [0.5, 0.6) is 5.75 Å². The lowest BCUT2D eigenvalue weighted by atomic mass is 10.2. The Morgan fingerprint density at radius 3 is 2.50 bits per heavy atom. The number of rotatable bonds is 5. The third-order valence-corrected chi connectivity index (χ3v) is 4.92. The molecule has 1 N–H and O–H groups in total. The van der Waals surface area contributed by atoms with Crippen molar-refractivity contribution < 1.29 is 17.9 Å². The van der Waals surface area contributed by atoms with E-state index in [1.54, 1.807) is 12.1 Å². The summed E-state index contributed by atoms with van der Waals surface area (Å²) < 4.78 is 30.8. The van der Waals surface area contributed by atoms with Gasteiger partial charge in [-0.25, -0.2) is 8.42 Å². The van der Waals surface area contributed by atoms with Crippen molar-refractivity contribution in [1.29, 1.82) is 0 Å². The molecule has 0 aromatic heterocycles. The highest BCUT2D eigenvalue weighted by molar-refractivity contribution is 7.89. The molecule has 1 heterocycles. The summed E-state index contributed by atoms with van der Waals surface area (Å²) in [6.07, 6.45) is 1.17. The monoisotopic (exact) mass is 296 g/mol. The first-order valence-electron chi connectivity index (χ1n) is 6.04. The highest BCUT2D eigenvalue weighted by Gasteiger charge is 2.37. The number of nitrogens with zero attached hydrogens (tertiary/aromatic N) is 1. The van der Waals surface area contributed by atoms with Gasteiger partial charge in [0.1, 0.15) is 5.75 Å². The van der Waals surface area contributed by atoms with E-state index < -0.39 is 10.0 Å². The predicted octanol–water partition coefficient (Wildman–Crippen LogP) is 0.370. The van der Waals surface area contributed by atoms with Crippen LogP contribution < -0.4 is 10.1 Å². The van der Waals surface area contributed by atoms with Gasteiger partial charge in [0.2, 0.25) is 15.9 Å². The minimum atomic E-state index is -3.50. The van der Waals surface area contributed by atoms with Crippen LogP contribution in [0.2, 0.25) is 0 Å². The van der Waals surface area contributed by atoms with Gasteiger partial charge in [0.15, 0.2) is 0 Å². The van der Waals surface area contributed by atoms with Crippen LogP contribution >= 0.6 is 0 Å². The quantitative estimate of drug-likeness (QED) is 0.797. The number of amides is 1. The van der Waals surface area contributed by atoms with Crippen LogP contribution in [0.15, 0.2) is 41.8 Å². The summed E-state index contributed by atoms with van der Waals surface area (Å²) in [5.74, 6) is 0.306. The molecule has 7 heteroatoms. The lowest BCUT2D eigenvalue weighted by molar-refractivity contribution is -0.117. The van der Waals surface area contributed by atoms with Gasteiger partial charge >= 0.3 is 0 Å².